The van der Waals surface area contributed by atoms with Crippen LogP contribution in [-0.2, 0) is 11.3 Å². The van der Waals surface area contributed by atoms with Gasteiger partial charge in [-0.2, -0.15) is 0 Å². The van der Waals surface area contributed by atoms with Gasteiger partial charge in [0.05, 0.1) is 25.4 Å². The molecule has 0 unspecified atom stereocenters. The third-order valence-electron chi connectivity index (χ3n) is 5.58. The van der Waals surface area contributed by atoms with Crippen molar-refractivity contribution in [3.05, 3.63) is 58.9 Å². The second kappa shape index (κ2) is 11.2. The Bertz CT molecular complexity index is 884. The number of morpholine rings is 1. The zero-order valence-corrected chi connectivity index (χ0v) is 20.4. The van der Waals surface area contributed by atoms with Crippen molar-refractivity contribution in [2.24, 2.45) is 10.7 Å². The largest absolute Gasteiger partial charge is 0.378 e. The van der Waals surface area contributed by atoms with Crippen LogP contribution in [0.4, 0.5) is 15.8 Å². The molecule has 2 aliphatic rings. The molecule has 0 saturated carbocycles. The van der Waals surface area contributed by atoms with Crippen molar-refractivity contribution >= 4 is 52.9 Å². The van der Waals surface area contributed by atoms with Gasteiger partial charge in [-0.1, -0.05) is 17.7 Å². The summed E-state index contributed by atoms with van der Waals surface area (Å²) in [5.74, 6) is 0.281. The van der Waals surface area contributed by atoms with Gasteiger partial charge in [-0.05, 0) is 42.0 Å². The quantitative estimate of drug-likeness (QED) is 0.353. The summed E-state index contributed by atoms with van der Waals surface area (Å²) in [6, 6.07) is 13.2. The van der Waals surface area contributed by atoms with E-state index in [0.717, 1.165) is 42.5 Å². The van der Waals surface area contributed by atoms with Crippen molar-refractivity contribution in [2.75, 3.05) is 62.3 Å². The Hall–Kier alpha value is -1.78. The summed E-state index contributed by atoms with van der Waals surface area (Å²) in [5, 5.41) is 0.739. The number of nitrogens with zero attached hydrogens (tertiary/aromatic N) is 4. The standard InChI is InChI=1S/C22H27ClFN5O.HI/c23-18-2-4-19(5-3-18)27-7-9-29(10-8-27)22(25)26-16-17-1-6-21(20(24)15-17)28-11-13-30-14-12-28;/h1-6,15H,7-14,16H2,(H2,25,26);1H. The zero-order valence-electron chi connectivity index (χ0n) is 17.3. The average Bonchev–Trinajstić information content (AvgIpc) is 2.79. The van der Waals surface area contributed by atoms with Gasteiger partial charge in [-0.25, -0.2) is 9.38 Å². The van der Waals surface area contributed by atoms with E-state index >= 15 is 0 Å². The molecule has 0 radical (unpaired) electrons. The van der Waals surface area contributed by atoms with E-state index in [1.54, 1.807) is 6.07 Å². The van der Waals surface area contributed by atoms with Crippen LogP contribution in [0.2, 0.25) is 5.02 Å². The molecule has 0 atom stereocenters. The first-order valence-electron chi connectivity index (χ1n) is 10.3. The Kier molecular flexibility index (Phi) is 8.62. The number of benzene rings is 2. The summed E-state index contributed by atoms with van der Waals surface area (Å²) in [7, 11) is 0. The monoisotopic (exact) mass is 559 g/mol. The minimum Gasteiger partial charge on any atom is -0.378 e. The number of anilines is 2. The first-order valence-corrected chi connectivity index (χ1v) is 10.6. The third-order valence-corrected chi connectivity index (χ3v) is 5.83. The smallest absolute Gasteiger partial charge is 0.191 e. The molecule has 4 rings (SSSR count). The summed E-state index contributed by atoms with van der Waals surface area (Å²) in [4.78, 5) is 10.9. The lowest BCUT2D eigenvalue weighted by Gasteiger charge is -2.36. The zero-order chi connectivity index (χ0) is 20.9. The van der Waals surface area contributed by atoms with Crippen LogP contribution in [0.15, 0.2) is 47.5 Å². The number of aliphatic imine (C=N–C) groups is 1. The molecule has 6 nitrogen and oxygen atoms in total. The lowest BCUT2D eigenvalue weighted by atomic mass is 10.1. The van der Waals surface area contributed by atoms with E-state index in [2.05, 4.69) is 14.8 Å². The SMILES string of the molecule is I.NC(=NCc1ccc(N2CCOCC2)c(F)c1)N1CCN(c2ccc(Cl)cc2)CC1. The molecule has 2 aliphatic heterocycles. The fourth-order valence-corrected chi connectivity index (χ4v) is 3.95. The van der Waals surface area contributed by atoms with Crippen molar-refractivity contribution < 1.29 is 9.13 Å². The van der Waals surface area contributed by atoms with Crippen molar-refractivity contribution in [3.63, 3.8) is 0 Å². The summed E-state index contributed by atoms with van der Waals surface area (Å²) in [5.41, 5.74) is 8.80. The second-order valence-corrected chi connectivity index (χ2v) is 7.95. The van der Waals surface area contributed by atoms with E-state index < -0.39 is 0 Å². The Morgan fingerprint density at radius 1 is 0.968 bits per heavy atom. The molecule has 0 bridgehead atoms. The van der Waals surface area contributed by atoms with E-state index in [0.29, 0.717) is 44.5 Å². The van der Waals surface area contributed by atoms with Crippen molar-refractivity contribution in [3.8, 4) is 0 Å². The molecular formula is C22H28ClFIN5O. The van der Waals surface area contributed by atoms with Crippen LogP contribution in [-0.4, -0.2) is 63.3 Å². The maximum Gasteiger partial charge on any atom is 0.191 e. The minimum absolute atomic E-state index is 0. The minimum atomic E-state index is -0.222. The highest BCUT2D eigenvalue weighted by Crippen LogP contribution is 2.22. The molecule has 0 amide bonds. The lowest BCUT2D eigenvalue weighted by molar-refractivity contribution is 0.122. The molecule has 0 spiro atoms. The van der Waals surface area contributed by atoms with Crippen molar-refractivity contribution in [1.82, 2.24) is 4.90 Å². The van der Waals surface area contributed by atoms with Crippen LogP contribution in [0.5, 0.6) is 0 Å². The number of piperazine rings is 1. The molecule has 2 aromatic carbocycles. The predicted octanol–water partition coefficient (Wildman–Crippen LogP) is 3.57. The van der Waals surface area contributed by atoms with Gasteiger partial charge in [-0.3, -0.25) is 0 Å². The number of hydrogen-bond donors (Lipinski definition) is 1. The number of guanidine groups is 1. The van der Waals surface area contributed by atoms with Crippen LogP contribution in [0.25, 0.3) is 0 Å². The maximum atomic E-state index is 14.6. The molecule has 2 saturated heterocycles. The van der Waals surface area contributed by atoms with E-state index in [-0.39, 0.29) is 29.8 Å². The number of ether oxygens (including phenoxy) is 1. The topological polar surface area (TPSA) is 57.3 Å². The fourth-order valence-electron chi connectivity index (χ4n) is 3.83. The molecule has 2 heterocycles. The number of halogens is 3. The predicted molar refractivity (Wildman–Crippen MR) is 135 cm³/mol. The van der Waals surface area contributed by atoms with Gasteiger partial charge in [-0.15, -0.1) is 24.0 Å². The first kappa shape index (κ1) is 23.9. The highest BCUT2D eigenvalue weighted by molar-refractivity contribution is 14.0. The van der Waals surface area contributed by atoms with Crippen LogP contribution < -0.4 is 15.5 Å². The van der Waals surface area contributed by atoms with Crippen LogP contribution in [0.1, 0.15) is 5.56 Å². The van der Waals surface area contributed by atoms with Crippen molar-refractivity contribution in [2.45, 2.75) is 6.54 Å². The van der Waals surface area contributed by atoms with E-state index in [1.165, 1.54) is 0 Å². The number of hydrogen-bond acceptors (Lipinski definition) is 4. The second-order valence-electron chi connectivity index (χ2n) is 7.51. The average molecular weight is 560 g/mol. The Labute approximate surface area is 204 Å². The fraction of sp³-hybridized carbons (Fsp3) is 0.409. The van der Waals surface area contributed by atoms with Crippen LogP contribution >= 0.6 is 35.6 Å². The normalized spacial score (nSPS) is 17.5. The molecule has 0 aromatic heterocycles. The summed E-state index contributed by atoms with van der Waals surface area (Å²) >= 11 is 5.97. The van der Waals surface area contributed by atoms with Gasteiger partial charge in [0, 0.05) is 50.0 Å². The Morgan fingerprint density at radius 2 is 1.65 bits per heavy atom. The highest BCUT2D eigenvalue weighted by Gasteiger charge is 2.19. The van der Waals surface area contributed by atoms with E-state index in [1.807, 2.05) is 41.3 Å². The molecule has 9 heteroatoms. The molecular weight excluding hydrogens is 532 g/mol. The van der Waals surface area contributed by atoms with Gasteiger partial charge in [0.2, 0.25) is 0 Å². The number of nitrogens with two attached hydrogens (primary N) is 1. The molecule has 2 aromatic rings. The van der Waals surface area contributed by atoms with Crippen LogP contribution in [0, 0.1) is 5.82 Å². The van der Waals surface area contributed by atoms with Crippen molar-refractivity contribution in [1.29, 1.82) is 0 Å². The molecule has 2 N–H and O–H groups in total. The summed E-state index contributed by atoms with van der Waals surface area (Å²) in [6.07, 6.45) is 0. The Morgan fingerprint density at radius 3 is 2.29 bits per heavy atom. The molecule has 0 aliphatic carbocycles. The third kappa shape index (κ3) is 6.14. The maximum absolute atomic E-state index is 14.6. The van der Waals surface area contributed by atoms with E-state index in [4.69, 9.17) is 22.1 Å². The van der Waals surface area contributed by atoms with Gasteiger partial charge < -0.3 is 25.2 Å². The Balaban J connectivity index is 0.00000272. The lowest BCUT2D eigenvalue weighted by Crippen LogP contribution is -2.51. The molecule has 168 valence electrons. The van der Waals surface area contributed by atoms with E-state index in [9.17, 15) is 4.39 Å². The first-order chi connectivity index (χ1) is 14.6. The van der Waals surface area contributed by atoms with Gasteiger partial charge >= 0.3 is 0 Å². The van der Waals surface area contributed by atoms with Gasteiger partial charge in [0.1, 0.15) is 5.82 Å². The highest BCUT2D eigenvalue weighted by atomic mass is 127. The summed E-state index contributed by atoms with van der Waals surface area (Å²) < 4.78 is 19.9. The van der Waals surface area contributed by atoms with Gasteiger partial charge in [0.15, 0.2) is 5.96 Å². The number of rotatable bonds is 4. The summed E-state index contributed by atoms with van der Waals surface area (Å²) in [6.45, 7) is 6.36. The van der Waals surface area contributed by atoms with Crippen LogP contribution in [0.3, 0.4) is 0 Å². The molecule has 31 heavy (non-hydrogen) atoms. The molecule has 2 fully saturated rings. The van der Waals surface area contributed by atoms with Gasteiger partial charge in [0.25, 0.3) is 0 Å².